The Kier molecular flexibility index (Phi) is 4.09. The van der Waals surface area contributed by atoms with Gasteiger partial charge in [0.25, 0.3) is 0 Å². The molecule has 7 heteroatoms. The lowest BCUT2D eigenvalue weighted by Crippen LogP contribution is -2.41. The molecule has 0 amide bonds. The summed E-state index contributed by atoms with van der Waals surface area (Å²) < 4.78 is 26.3. The van der Waals surface area contributed by atoms with Gasteiger partial charge in [0, 0.05) is 25.8 Å². The minimum Gasteiger partial charge on any atom is -0.303 e. The third kappa shape index (κ3) is 2.89. The van der Waals surface area contributed by atoms with Gasteiger partial charge < -0.3 is 4.90 Å². The third-order valence-corrected chi connectivity index (χ3v) is 6.26. The zero-order valence-corrected chi connectivity index (χ0v) is 12.5. The van der Waals surface area contributed by atoms with Gasteiger partial charge >= 0.3 is 0 Å². The molecule has 1 aromatic rings. The maximum absolute atomic E-state index is 12.4. The SMILES string of the molecule is O=S(=O)(c1cn[nH]c1)N1CCC(CN2CCCC2)CC1. The minimum atomic E-state index is -3.34. The van der Waals surface area contributed by atoms with E-state index in [0.29, 0.717) is 19.0 Å². The predicted octanol–water partition coefficient (Wildman–Crippen LogP) is 0.906. The van der Waals surface area contributed by atoms with Crippen LogP contribution in [0, 0.1) is 5.92 Å². The highest BCUT2D eigenvalue weighted by atomic mass is 32.2. The topological polar surface area (TPSA) is 69.3 Å². The van der Waals surface area contributed by atoms with E-state index in [-0.39, 0.29) is 4.90 Å². The number of sulfonamides is 1. The molecule has 0 atom stereocenters. The van der Waals surface area contributed by atoms with Crippen LogP contribution < -0.4 is 0 Å². The maximum atomic E-state index is 12.4. The highest BCUT2D eigenvalue weighted by molar-refractivity contribution is 7.89. The molecule has 3 heterocycles. The second-order valence-electron chi connectivity index (χ2n) is 5.79. The van der Waals surface area contributed by atoms with Crippen LogP contribution in [-0.2, 0) is 10.0 Å². The van der Waals surface area contributed by atoms with Gasteiger partial charge in [0.2, 0.25) is 10.0 Å². The fourth-order valence-corrected chi connectivity index (χ4v) is 4.57. The molecule has 2 saturated heterocycles. The summed E-state index contributed by atoms with van der Waals surface area (Å²) in [7, 11) is -3.34. The van der Waals surface area contributed by atoms with Crippen molar-refractivity contribution in [2.45, 2.75) is 30.6 Å². The molecule has 3 rings (SSSR count). The van der Waals surface area contributed by atoms with E-state index in [9.17, 15) is 8.42 Å². The Balaban J connectivity index is 1.55. The molecule has 6 nitrogen and oxygen atoms in total. The van der Waals surface area contributed by atoms with Crippen molar-refractivity contribution in [2.24, 2.45) is 5.92 Å². The standard InChI is InChI=1S/C13H22N4O2S/c18-20(19,13-9-14-15-10-13)17-7-3-12(4-8-17)11-16-5-1-2-6-16/h9-10,12H,1-8,11H2,(H,14,15). The average Bonchev–Trinajstić information content (AvgIpc) is 3.12. The zero-order valence-electron chi connectivity index (χ0n) is 11.7. The number of hydrogen-bond donors (Lipinski definition) is 1. The monoisotopic (exact) mass is 298 g/mol. The fraction of sp³-hybridized carbons (Fsp3) is 0.769. The number of likely N-dealkylation sites (tertiary alicyclic amines) is 1. The van der Waals surface area contributed by atoms with E-state index in [0.717, 1.165) is 19.4 Å². The summed E-state index contributed by atoms with van der Waals surface area (Å²) in [6.45, 7) is 4.83. The van der Waals surface area contributed by atoms with Gasteiger partial charge in [0.15, 0.2) is 0 Å². The molecule has 0 aliphatic carbocycles. The molecular formula is C13H22N4O2S. The van der Waals surface area contributed by atoms with Crippen molar-refractivity contribution in [1.82, 2.24) is 19.4 Å². The summed E-state index contributed by atoms with van der Waals surface area (Å²) in [5.41, 5.74) is 0. The van der Waals surface area contributed by atoms with Crippen molar-refractivity contribution < 1.29 is 8.42 Å². The van der Waals surface area contributed by atoms with E-state index >= 15 is 0 Å². The molecule has 0 spiro atoms. The van der Waals surface area contributed by atoms with Gasteiger partial charge in [-0.15, -0.1) is 0 Å². The number of nitrogens with one attached hydrogen (secondary N) is 1. The van der Waals surface area contributed by atoms with E-state index in [4.69, 9.17) is 0 Å². The van der Waals surface area contributed by atoms with E-state index in [2.05, 4.69) is 15.1 Å². The van der Waals surface area contributed by atoms with Gasteiger partial charge in [0.05, 0.1) is 6.20 Å². The quantitative estimate of drug-likeness (QED) is 0.897. The van der Waals surface area contributed by atoms with Crippen LogP contribution in [0.25, 0.3) is 0 Å². The lowest BCUT2D eigenvalue weighted by molar-refractivity contribution is 0.206. The van der Waals surface area contributed by atoms with E-state index in [1.165, 1.54) is 38.3 Å². The smallest absolute Gasteiger partial charge is 0.246 e. The first-order valence-corrected chi connectivity index (χ1v) is 8.81. The number of piperidine rings is 1. The molecule has 20 heavy (non-hydrogen) atoms. The van der Waals surface area contributed by atoms with Gasteiger partial charge in [-0.05, 0) is 44.7 Å². The third-order valence-electron chi connectivity index (χ3n) is 4.40. The van der Waals surface area contributed by atoms with Crippen LogP contribution in [0.2, 0.25) is 0 Å². The second kappa shape index (κ2) is 5.83. The fourth-order valence-electron chi connectivity index (χ4n) is 3.19. The molecule has 0 radical (unpaired) electrons. The van der Waals surface area contributed by atoms with Crippen LogP contribution in [0.1, 0.15) is 25.7 Å². The van der Waals surface area contributed by atoms with Crippen molar-refractivity contribution in [2.75, 3.05) is 32.7 Å². The second-order valence-corrected chi connectivity index (χ2v) is 7.73. The molecule has 1 N–H and O–H groups in total. The Labute approximate surface area is 120 Å². The lowest BCUT2D eigenvalue weighted by Gasteiger charge is -2.32. The van der Waals surface area contributed by atoms with Gasteiger partial charge in [-0.2, -0.15) is 9.40 Å². The number of rotatable bonds is 4. The Bertz CT molecular complexity index is 515. The molecule has 1 aromatic heterocycles. The van der Waals surface area contributed by atoms with Crippen LogP contribution >= 0.6 is 0 Å². The molecule has 0 bridgehead atoms. The van der Waals surface area contributed by atoms with Gasteiger partial charge in [-0.25, -0.2) is 8.42 Å². The normalized spacial score (nSPS) is 23.4. The van der Waals surface area contributed by atoms with Crippen molar-refractivity contribution in [3.05, 3.63) is 12.4 Å². The Morgan fingerprint density at radius 3 is 2.50 bits per heavy atom. The number of hydrogen-bond acceptors (Lipinski definition) is 4. The van der Waals surface area contributed by atoms with Crippen molar-refractivity contribution in [3.63, 3.8) is 0 Å². The van der Waals surface area contributed by atoms with Crippen molar-refractivity contribution in [3.8, 4) is 0 Å². The van der Waals surface area contributed by atoms with Crippen molar-refractivity contribution in [1.29, 1.82) is 0 Å². The molecule has 0 aromatic carbocycles. The minimum absolute atomic E-state index is 0.274. The van der Waals surface area contributed by atoms with Crippen molar-refractivity contribution >= 4 is 10.0 Å². The Morgan fingerprint density at radius 2 is 1.90 bits per heavy atom. The van der Waals surface area contributed by atoms with Crippen LogP contribution in [-0.4, -0.2) is 60.5 Å². The maximum Gasteiger partial charge on any atom is 0.246 e. The summed E-state index contributed by atoms with van der Waals surface area (Å²) in [5.74, 6) is 0.642. The molecule has 2 aliphatic heterocycles. The van der Waals surface area contributed by atoms with Gasteiger partial charge in [0.1, 0.15) is 4.90 Å². The van der Waals surface area contributed by atoms with E-state index in [1.807, 2.05) is 0 Å². The lowest BCUT2D eigenvalue weighted by atomic mass is 9.98. The summed E-state index contributed by atoms with van der Waals surface area (Å²) in [5, 5.41) is 6.30. The largest absolute Gasteiger partial charge is 0.303 e. The Morgan fingerprint density at radius 1 is 1.20 bits per heavy atom. The average molecular weight is 298 g/mol. The van der Waals surface area contributed by atoms with Crippen LogP contribution in [0.15, 0.2) is 17.3 Å². The highest BCUT2D eigenvalue weighted by Gasteiger charge is 2.30. The summed E-state index contributed by atoms with van der Waals surface area (Å²) in [6, 6.07) is 0. The van der Waals surface area contributed by atoms with Gasteiger partial charge in [-0.3, -0.25) is 5.10 Å². The first kappa shape index (κ1) is 14.0. The number of aromatic nitrogens is 2. The predicted molar refractivity (Wildman–Crippen MR) is 75.7 cm³/mol. The molecule has 2 aliphatic rings. The Hall–Kier alpha value is -0.920. The summed E-state index contributed by atoms with van der Waals surface area (Å²) in [4.78, 5) is 2.79. The van der Waals surface area contributed by atoms with E-state index < -0.39 is 10.0 Å². The summed E-state index contributed by atoms with van der Waals surface area (Å²) >= 11 is 0. The first-order chi connectivity index (χ1) is 9.66. The molecule has 0 saturated carbocycles. The zero-order chi connectivity index (χ0) is 14.0. The summed E-state index contributed by atoms with van der Waals surface area (Å²) in [6.07, 6.45) is 7.39. The molecular weight excluding hydrogens is 276 g/mol. The molecule has 2 fully saturated rings. The molecule has 112 valence electrons. The van der Waals surface area contributed by atoms with E-state index in [1.54, 1.807) is 4.31 Å². The first-order valence-electron chi connectivity index (χ1n) is 7.37. The van der Waals surface area contributed by atoms with Gasteiger partial charge in [-0.1, -0.05) is 0 Å². The van der Waals surface area contributed by atoms with Crippen LogP contribution in [0.5, 0.6) is 0 Å². The number of aromatic amines is 1. The molecule has 0 unspecified atom stereocenters. The number of nitrogens with zero attached hydrogens (tertiary/aromatic N) is 3. The highest BCUT2D eigenvalue weighted by Crippen LogP contribution is 2.24. The van der Waals surface area contributed by atoms with Crippen LogP contribution in [0.3, 0.4) is 0 Å². The van der Waals surface area contributed by atoms with Crippen LogP contribution in [0.4, 0.5) is 0 Å². The number of H-pyrrole nitrogens is 1.